The first-order valence-corrected chi connectivity index (χ1v) is 13.0. The molecule has 1 unspecified atom stereocenters. The summed E-state index contributed by atoms with van der Waals surface area (Å²) in [4.78, 5) is 11.0. The maximum atomic E-state index is 11.0. The lowest BCUT2D eigenvalue weighted by molar-refractivity contribution is -0.137. The molecule has 3 rings (SSSR count). The Hall–Kier alpha value is -3.19. The third-order valence-electron chi connectivity index (χ3n) is 5.58. The maximum Gasteiger partial charge on any atom is 0.330 e. The van der Waals surface area contributed by atoms with Crippen molar-refractivity contribution in [3.63, 3.8) is 0 Å². The van der Waals surface area contributed by atoms with Gasteiger partial charge in [-0.1, -0.05) is 38.2 Å². The highest BCUT2D eigenvalue weighted by Gasteiger charge is 2.10. The molecule has 0 N–H and O–H groups in total. The number of hydrogen-bond acceptors (Lipinski definition) is 7. The van der Waals surface area contributed by atoms with Crippen LogP contribution < -0.4 is 9.47 Å². The summed E-state index contributed by atoms with van der Waals surface area (Å²) >= 11 is 1.57. The fourth-order valence-corrected chi connectivity index (χ4v) is 4.03. The zero-order valence-electron chi connectivity index (χ0n) is 20.6. The van der Waals surface area contributed by atoms with E-state index in [4.69, 9.17) is 14.2 Å². The second-order valence-corrected chi connectivity index (χ2v) is 9.40. The van der Waals surface area contributed by atoms with Crippen molar-refractivity contribution in [3.8, 4) is 32.6 Å². The molecule has 0 spiro atoms. The van der Waals surface area contributed by atoms with Crippen molar-refractivity contribution in [1.29, 1.82) is 0 Å². The van der Waals surface area contributed by atoms with Gasteiger partial charge in [-0.2, -0.15) is 0 Å². The Balaban J connectivity index is 1.42. The van der Waals surface area contributed by atoms with Crippen LogP contribution in [0.3, 0.4) is 0 Å². The number of carbonyl (C=O) groups is 1. The summed E-state index contributed by atoms with van der Waals surface area (Å²) in [7, 11) is 0. The van der Waals surface area contributed by atoms with Crippen LogP contribution in [0.5, 0.6) is 11.5 Å². The van der Waals surface area contributed by atoms with E-state index in [0.717, 1.165) is 71.4 Å². The summed E-state index contributed by atoms with van der Waals surface area (Å²) in [5.74, 6) is 1.90. The minimum absolute atomic E-state index is 0.363. The largest absolute Gasteiger partial charge is 0.494 e. The van der Waals surface area contributed by atoms with Crippen molar-refractivity contribution < 1.29 is 19.0 Å². The van der Waals surface area contributed by atoms with Gasteiger partial charge in [-0.05, 0) is 80.1 Å². The summed E-state index contributed by atoms with van der Waals surface area (Å²) in [6.45, 7) is 9.57. The molecule has 0 bridgehead atoms. The summed E-state index contributed by atoms with van der Waals surface area (Å²) in [6.07, 6.45) is 6.14. The number of aromatic nitrogens is 2. The van der Waals surface area contributed by atoms with Crippen LogP contribution in [0.1, 0.15) is 46.0 Å². The second kappa shape index (κ2) is 14.3. The lowest BCUT2D eigenvalue weighted by Crippen LogP contribution is -2.06. The topological polar surface area (TPSA) is 70.5 Å². The Bertz CT molecular complexity index is 1050. The Morgan fingerprint density at radius 2 is 1.43 bits per heavy atom. The van der Waals surface area contributed by atoms with Gasteiger partial charge < -0.3 is 14.2 Å². The first-order chi connectivity index (χ1) is 17.1. The van der Waals surface area contributed by atoms with Crippen LogP contribution >= 0.6 is 11.3 Å². The molecule has 0 aliphatic rings. The van der Waals surface area contributed by atoms with Crippen molar-refractivity contribution in [3.05, 3.63) is 61.2 Å². The van der Waals surface area contributed by atoms with E-state index < -0.39 is 0 Å². The Labute approximate surface area is 212 Å². The highest BCUT2D eigenvalue weighted by atomic mass is 32.1. The van der Waals surface area contributed by atoms with Gasteiger partial charge in [-0.15, -0.1) is 10.2 Å². The standard InChI is InChI=1S/C28H34N2O4S/c1-4-21(3)20-34-25-16-12-23(13-17-25)28-30-29-27(35-28)22-10-14-24(15-11-22)32-18-8-6-7-9-19-33-26(31)5-2/h5,10-17,21H,2,4,6-9,18-20H2,1,3H3. The van der Waals surface area contributed by atoms with Crippen LogP contribution in [-0.2, 0) is 9.53 Å². The number of ether oxygens (including phenoxy) is 3. The molecular formula is C28H34N2O4S. The van der Waals surface area contributed by atoms with E-state index in [9.17, 15) is 4.79 Å². The molecule has 35 heavy (non-hydrogen) atoms. The Morgan fingerprint density at radius 1 is 0.886 bits per heavy atom. The van der Waals surface area contributed by atoms with Gasteiger partial charge in [0.1, 0.15) is 21.5 Å². The normalized spacial score (nSPS) is 11.6. The highest BCUT2D eigenvalue weighted by molar-refractivity contribution is 7.17. The first kappa shape index (κ1) is 26.4. The lowest BCUT2D eigenvalue weighted by Gasteiger charge is -2.10. The fraction of sp³-hybridized carbons (Fsp3) is 0.393. The van der Waals surface area contributed by atoms with E-state index in [1.54, 1.807) is 11.3 Å². The predicted molar refractivity (Wildman–Crippen MR) is 141 cm³/mol. The number of hydrogen-bond donors (Lipinski definition) is 0. The lowest BCUT2D eigenvalue weighted by atomic mass is 10.1. The summed E-state index contributed by atoms with van der Waals surface area (Å²) < 4.78 is 16.6. The van der Waals surface area contributed by atoms with Crippen LogP contribution in [-0.4, -0.2) is 36.0 Å². The number of carbonyl (C=O) groups excluding carboxylic acids is 1. The number of nitrogens with zero attached hydrogens (tertiary/aromatic N) is 2. The SMILES string of the molecule is C=CC(=O)OCCCCCCOc1ccc(-c2nnc(-c3ccc(OCC(C)CC)cc3)s2)cc1. The molecule has 3 aromatic rings. The van der Waals surface area contributed by atoms with Gasteiger partial charge in [0.2, 0.25) is 0 Å². The Kier molecular flexibility index (Phi) is 10.8. The van der Waals surface area contributed by atoms with Gasteiger partial charge in [0.25, 0.3) is 0 Å². The third-order valence-corrected chi connectivity index (χ3v) is 6.60. The molecule has 1 aromatic heterocycles. The molecule has 0 saturated heterocycles. The zero-order chi connectivity index (χ0) is 24.9. The number of unbranched alkanes of at least 4 members (excludes halogenated alkanes) is 3. The molecule has 7 heteroatoms. The molecule has 0 radical (unpaired) electrons. The molecule has 0 fully saturated rings. The van der Waals surface area contributed by atoms with Crippen molar-refractivity contribution >= 4 is 17.3 Å². The zero-order valence-corrected chi connectivity index (χ0v) is 21.4. The molecule has 0 saturated carbocycles. The van der Waals surface area contributed by atoms with Gasteiger partial charge in [-0.25, -0.2) is 4.79 Å². The van der Waals surface area contributed by atoms with Gasteiger partial charge in [0, 0.05) is 17.2 Å². The minimum Gasteiger partial charge on any atom is -0.494 e. The van der Waals surface area contributed by atoms with Crippen molar-refractivity contribution in [2.24, 2.45) is 5.92 Å². The maximum absolute atomic E-state index is 11.0. The Morgan fingerprint density at radius 3 is 1.97 bits per heavy atom. The summed E-state index contributed by atoms with van der Waals surface area (Å²) in [5, 5.41) is 10.5. The van der Waals surface area contributed by atoms with Gasteiger partial charge in [0.05, 0.1) is 19.8 Å². The number of esters is 1. The van der Waals surface area contributed by atoms with Crippen LogP contribution in [0, 0.1) is 5.92 Å². The second-order valence-electron chi connectivity index (χ2n) is 8.42. The first-order valence-electron chi connectivity index (χ1n) is 12.2. The third kappa shape index (κ3) is 8.83. The number of rotatable bonds is 15. The summed E-state index contributed by atoms with van der Waals surface area (Å²) in [6, 6.07) is 16.0. The van der Waals surface area contributed by atoms with E-state index in [1.165, 1.54) is 6.08 Å². The smallest absolute Gasteiger partial charge is 0.330 e. The molecule has 0 aliphatic carbocycles. The average molecular weight is 495 g/mol. The minimum atomic E-state index is -0.363. The molecule has 2 aromatic carbocycles. The fourth-order valence-electron chi connectivity index (χ4n) is 3.18. The molecule has 1 atom stereocenters. The van der Waals surface area contributed by atoms with Crippen LogP contribution in [0.2, 0.25) is 0 Å². The monoisotopic (exact) mass is 494 g/mol. The predicted octanol–water partition coefficient (Wildman–Crippen LogP) is 6.97. The highest BCUT2D eigenvalue weighted by Crippen LogP contribution is 2.31. The molecule has 1 heterocycles. The van der Waals surface area contributed by atoms with E-state index in [1.807, 2.05) is 48.5 Å². The van der Waals surface area contributed by atoms with Gasteiger partial charge in [-0.3, -0.25) is 0 Å². The molecule has 0 amide bonds. The van der Waals surface area contributed by atoms with Crippen molar-refractivity contribution in [2.45, 2.75) is 46.0 Å². The van der Waals surface area contributed by atoms with Crippen LogP contribution in [0.15, 0.2) is 61.2 Å². The van der Waals surface area contributed by atoms with E-state index in [0.29, 0.717) is 19.1 Å². The molecule has 0 aliphatic heterocycles. The van der Waals surface area contributed by atoms with Gasteiger partial charge >= 0.3 is 5.97 Å². The van der Waals surface area contributed by atoms with E-state index in [2.05, 4.69) is 30.6 Å². The number of benzene rings is 2. The molecular weight excluding hydrogens is 460 g/mol. The quantitative estimate of drug-likeness (QED) is 0.129. The van der Waals surface area contributed by atoms with E-state index >= 15 is 0 Å². The van der Waals surface area contributed by atoms with E-state index in [-0.39, 0.29) is 5.97 Å². The van der Waals surface area contributed by atoms with Crippen molar-refractivity contribution in [1.82, 2.24) is 10.2 Å². The van der Waals surface area contributed by atoms with Gasteiger partial charge in [0.15, 0.2) is 0 Å². The van der Waals surface area contributed by atoms with Crippen molar-refractivity contribution in [2.75, 3.05) is 19.8 Å². The average Bonchev–Trinajstić information content (AvgIpc) is 3.39. The van der Waals surface area contributed by atoms with Crippen LogP contribution in [0.4, 0.5) is 0 Å². The molecule has 186 valence electrons. The summed E-state index contributed by atoms with van der Waals surface area (Å²) in [5.41, 5.74) is 2.05. The van der Waals surface area contributed by atoms with Crippen LogP contribution in [0.25, 0.3) is 21.1 Å². The molecule has 6 nitrogen and oxygen atoms in total.